The average Bonchev–Trinajstić information content (AvgIpc) is 3.07. The molecule has 4 rings (SSSR count). The minimum absolute atomic E-state index is 0.0521. The van der Waals surface area contributed by atoms with E-state index in [0.29, 0.717) is 24.0 Å². The minimum atomic E-state index is -5.14. The number of carboxylic acid groups (broad SMARTS) is 1. The number of nitrogens with zero attached hydrogens (tertiary/aromatic N) is 1. The second-order valence-electron chi connectivity index (χ2n) is 9.62. The molecule has 1 atom stereocenters. The number of carbonyl (C=O) groups excluding carboxylic acids is 3. The molecule has 0 fully saturated rings. The molecular weight excluding hydrogens is 661 g/mol. The number of benzene rings is 3. The molecule has 0 saturated heterocycles. The SMILES string of the molecule is CC(=O)NO[As](=O)(OO)c1cccc(-n2c(-c3ccccc3)ccc(NC(=O)CCc3ccccc3)c2=O)c1.O=CCCC(=O)O. The molecule has 4 N–H and O–H groups in total. The van der Waals surface area contributed by atoms with Crippen molar-refractivity contribution in [1.82, 2.24) is 10.0 Å². The molecule has 0 aliphatic heterocycles. The molecule has 0 aliphatic rings. The van der Waals surface area contributed by atoms with E-state index in [1.54, 1.807) is 12.1 Å². The Morgan fingerprint density at radius 1 is 0.913 bits per heavy atom. The van der Waals surface area contributed by atoms with Crippen molar-refractivity contribution in [2.75, 3.05) is 5.32 Å². The summed E-state index contributed by atoms with van der Waals surface area (Å²) in [6.45, 7) is 1.14. The molecule has 0 saturated carbocycles. The number of hydrogen-bond donors (Lipinski definition) is 4. The normalized spacial score (nSPS) is 11.7. The smallest absolute Gasteiger partial charge is 0.303 e. The van der Waals surface area contributed by atoms with Crippen LogP contribution < -0.4 is 20.7 Å². The maximum atomic E-state index is 13.7. The van der Waals surface area contributed by atoms with Crippen LogP contribution in [0.25, 0.3) is 16.9 Å². The van der Waals surface area contributed by atoms with E-state index in [1.165, 1.54) is 28.8 Å². The van der Waals surface area contributed by atoms with Crippen molar-refractivity contribution >= 4 is 48.3 Å². The van der Waals surface area contributed by atoms with E-state index >= 15 is 0 Å². The van der Waals surface area contributed by atoms with Gasteiger partial charge in [0, 0.05) is 6.42 Å². The Morgan fingerprint density at radius 2 is 1.59 bits per heavy atom. The number of aldehydes is 1. The van der Waals surface area contributed by atoms with Gasteiger partial charge < -0.3 is 9.90 Å². The van der Waals surface area contributed by atoms with E-state index in [1.807, 2.05) is 66.1 Å². The van der Waals surface area contributed by atoms with Gasteiger partial charge >= 0.3 is 215 Å². The molecule has 0 aliphatic carbocycles. The molecule has 14 heteroatoms. The van der Waals surface area contributed by atoms with Gasteiger partial charge in [0.25, 0.3) is 0 Å². The van der Waals surface area contributed by atoms with Crippen LogP contribution in [0.3, 0.4) is 0 Å². The number of anilines is 1. The Hall–Kier alpha value is -5.07. The minimum Gasteiger partial charge on any atom is -0.481 e. The van der Waals surface area contributed by atoms with Gasteiger partial charge in [0.2, 0.25) is 0 Å². The van der Waals surface area contributed by atoms with Crippen molar-refractivity contribution < 1.29 is 41.0 Å². The molecule has 1 heterocycles. The number of rotatable bonds is 13. The van der Waals surface area contributed by atoms with Gasteiger partial charge in [-0.2, -0.15) is 0 Å². The summed E-state index contributed by atoms with van der Waals surface area (Å²) < 4.78 is 23.5. The first kappa shape index (κ1) is 35.4. The molecule has 2 amide bonds. The van der Waals surface area contributed by atoms with Crippen molar-refractivity contribution in [3.63, 3.8) is 0 Å². The van der Waals surface area contributed by atoms with Crippen LogP contribution >= 0.6 is 0 Å². The van der Waals surface area contributed by atoms with Crippen molar-refractivity contribution in [2.45, 2.75) is 32.6 Å². The fourth-order valence-corrected chi connectivity index (χ4v) is 6.25. The zero-order chi connectivity index (χ0) is 33.5. The molecule has 0 radical (unpaired) electrons. The third kappa shape index (κ3) is 10.2. The van der Waals surface area contributed by atoms with Gasteiger partial charge in [0.1, 0.15) is 6.29 Å². The van der Waals surface area contributed by atoms with Crippen molar-refractivity contribution in [3.8, 4) is 16.9 Å². The summed E-state index contributed by atoms with van der Waals surface area (Å²) in [5.41, 5.74) is 3.92. The Kier molecular flexibility index (Phi) is 13.4. The van der Waals surface area contributed by atoms with E-state index in [9.17, 15) is 33.0 Å². The predicted octanol–water partition coefficient (Wildman–Crippen LogP) is 3.26. The molecule has 1 unspecified atom stereocenters. The molecule has 4 aromatic rings. The van der Waals surface area contributed by atoms with Gasteiger partial charge in [0.15, 0.2) is 0 Å². The van der Waals surface area contributed by atoms with Gasteiger partial charge in [-0.1, -0.05) is 18.2 Å². The number of aliphatic carboxylic acids is 1. The summed E-state index contributed by atoms with van der Waals surface area (Å²) in [4.78, 5) is 56.7. The summed E-state index contributed by atoms with van der Waals surface area (Å²) >= 11 is -5.14. The fourth-order valence-electron chi connectivity index (χ4n) is 4.06. The third-order valence-corrected chi connectivity index (χ3v) is 9.26. The molecule has 0 spiro atoms. The van der Waals surface area contributed by atoms with Gasteiger partial charge in [-0.15, -0.1) is 0 Å². The largest absolute Gasteiger partial charge is 0.481 e. The van der Waals surface area contributed by atoms with Crippen LogP contribution in [0.15, 0.2) is 102 Å². The molecule has 0 bridgehead atoms. The van der Waals surface area contributed by atoms with Crippen molar-refractivity contribution in [2.24, 2.45) is 0 Å². The molecule has 13 nitrogen and oxygen atoms in total. The van der Waals surface area contributed by atoms with Gasteiger partial charge in [-0.3, -0.25) is 4.79 Å². The first-order valence-electron chi connectivity index (χ1n) is 13.9. The standard InChI is InChI=1S/C28H26AsN3O7.C4H6O3/c1-20(33)31-38-29(36,39-37)23-13-8-14-24(19-23)32-26(22-11-6-3-7-12-22)17-16-25(28(32)35)30-27(34)18-15-21-9-4-2-5-10-21;5-3-1-2-4(6)7/h2-14,16-17,19,37H,15,18H2,1H3,(H,30,34)(H,31,33);3H,1-2H2,(H,6,7). The van der Waals surface area contributed by atoms with Gasteiger partial charge in [0.05, 0.1) is 6.42 Å². The number of aryl methyl sites for hydroxylation is 1. The zero-order valence-corrected chi connectivity index (χ0v) is 26.6. The van der Waals surface area contributed by atoms with Crippen LogP contribution in [-0.2, 0) is 37.0 Å². The Labute approximate surface area is 266 Å². The van der Waals surface area contributed by atoms with Gasteiger partial charge in [-0.25, -0.2) is 0 Å². The number of carboxylic acids is 1. The summed E-state index contributed by atoms with van der Waals surface area (Å²) in [7, 11) is 0. The van der Waals surface area contributed by atoms with E-state index in [2.05, 4.69) is 9.19 Å². The third-order valence-electron chi connectivity index (χ3n) is 6.21. The maximum absolute atomic E-state index is 13.7. The Balaban J connectivity index is 0.000000738. The quantitative estimate of drug-likeness (QED) is 0.0700. The van der Waals surface area contributed by atoms with Crippen LogP contribution in [0, 0.1) is 0 Å². The number of nitrogens with one attached hydrogen (secondary N) is 2. The van der Waals surface area contributed by atoms with Crippen LogP contribution in [-0.4, -0.2) is 53.2 Å². The first-order chi connectivity index (χ1) is 22.1. The average molecular weight is 694 g/mol. The Morgan fingerprint density at radius 3 is 2.17 bits per heavy atom. The van der Waals surface area contributed by atoms with Crippen molar-refractivity contribution in [1.29, 1.82) is 0 Å². The van der Waals surface area contributed by atoms with Crippen LogP contribution in [0.4, 0.5) is 5.69 Å². The fraction of sp³-hybridized carbons (Fsp3) is 0.156. The second kappa shape index (κ2) is 17.4. The first-order valence-corrected chi connectivity index (χ1v) is 17.1. The van der Waals surface area contributed by atoms with Crippen LogP contribution in [0.5, 0.6) is 0 Å². The number of hydroxylamine groups is 1. The Bertz CT molecular complexity index is 1760. The summed E-state index contributed by atoms with van der Waals surface area (Å²) in [5, 5.41) is 19.9. The monoisotopic (exact) mass is 693 g/mol. The maximum Gasteiger partial charge on any atom is 0.303 e. The number of carbonyl (C=O) groups is 4. The summed E-state index contributed by atoms with van der Waals surface area (Å²) in [6.07, 6.45) is 1.35. The molecule has 1 aromatic heterocycles. The molecule has 3 aromatic carbocycles. The number of pyridine rings is 1. The predicted molar refractivity (Wildman–Crippen MR) is 168 cm³/mol. The van der Waals surface area contributed by atoms with E-state index in [-0.39, 0.29) is 40.9 Å². The number of aromatic nitrogens is 1. The van der Waals surface area contributed by atoms with E-state index < -0.39 is 31.6 Å². The molecular formula is C32H32AsN3O10. The molecule has 240 valence electrons. The van der Waals surface area contributed by atoms with E-state index in [4.69, 9.17) is 8.93 Å². The molecule has 46 heavy (non-hydrogen) atoms. The number of hydrogen-bond acceptors (Lipinski definition) is 9. The topological polar surface area (TPSA) is 190 Å². The summed E-state index contributed by atoms with van der Waals surface area (Å²) in [5.74, 6) is -1.90. The zero-order valence-electron chi connectivity index (χ0n) is 24.7. The summed E-state index contributed by atoms with van der Waals surface area (Å²) in [6, 6.07) is 27.7. The van der Waals surface area contributed by atoms with Crippen LogP contribution in [0.1, 0.15) is 31.7 Å². The van der Waals surface area contributed by atoms with Gasteiger partial charge in [-0.05, 0) is 0 Å². The van der Waals surface area contributed by atoms with E-state index in [0.717, 1.165) is 12.5 Å². The second-order valence-corrected chi connectivity index (χ2v) is 13.5. The number of amides is 2. The van der Waals surface area contributed by atoms with Crippen molar-refractivity contribution in [3.05, 3.63) is 113 Å². The van der Waals surface area contributed by atoms with Crippen LogP contribution in [0.2, 0.25) is 0 Å².